The Balaban J connectivity index is 1.47. The molecule has 3 nitrogen and oxygen atoms in total. The highest BCUT2D eigenvalue weighted by Crippen LogP contribution is 2.20. The van der Waals surface area contributed by atoms with E-state index in [1.807, 2.05) is 54.6 Å². The molecule has 0 heterocycles. The molecule has 3 rings (SSSR count). The first-order valence-corrected chi connectivity index (χ1v) is 10.5. The summed E-state index contributed by atoms with van der Waals surface area (Å²) in [6.07, 6.45) is 7.90. The van der Waals surface area contributed by atoms with Crippen LogP contribution in [0.5, 0.6) is 11.5 Å². The van der Waals surface area contributed by atoms with Gasteiger partial charge in [0.05, 0.1) is 6.61 Å². The maximum absolute atomic E-state index is 12.1. The van der Waals surface area contributed by atoms with Crippen molar-refractivity contribution in [2.24, 2.45) is 0 Å². The number of benzene rings is 3. The van der Waals surface area contributed by atoms with Gasteiger partial charge in [-0.05, 0) is 53.5 Å². The van der Waals surface area contributed by atoms with E-state index in [9.17, 15) is 4.79 Å². The Morgan fingerprint density at radius 2 is 1.43 bits per heavy atom. The molecule has 0 amide bonds. The van der Waals surface area contributed by atoms with Crippen molar-refractivity contribution in [3.63, 3.8) is 0 Å². The number of hydrogen-bond donors (Lipinski definition) is 0. The van der Waals surface area contributed by atoms with Crippen LogP contribution in [0.4, 0.5) is 0 Å². The number of rotatable bonds is 10. The summed E-state index contributed by atoms with van der Waals surface area (Å²) in [6.45, 7) is 2.91. The van der Waals surface area contributed by atoms with Gasteiger partial charge in [-0.3, -0.25) is 0 Å². The predicted molar refractivity (Wildman–Crippen MR) is 123 cm³/mol. The average molecular weight is 401 g/mol. The Kier molecular flexibility index (Phi) is 8.28. The number of unbranched alkanes of at least 4 members (excludes halogenated alkanes) is 3. The SMILES string of the molecule is CCCCCCOc1ccc(OC(=O)/C=C/c2ccc(-c3ccccc3)cc2)cc1. The molecule has 0 bridgehead atoms. The maximum atomic E-state index is 12.1. The molecule has 0 aliphatic rings. The molecule has 0 saturated carbocycles. The fraction of sp³-hybridized carbons (Fsp3) is 0.222. The van der Waals surface area contributed by atoms with Gasteiger partial charge in [-0.2, -0.15) is 0 Å². The van der Waals surface area contributed by atoms with Crippen LogP contribution in [0.15, 0.2) is 84.9 Å². The van der Waals surface area contributed by atoms with Gasteiger partial charge in [0.15, 0.2) is 0 Å². The minimum atomic E-state index is -0.407. The number of hydrogen-bond acceptors (Lipinski definition) is 3. The highest BCUT2D eigenvalue weighted by molar-refractivity contribution is 5.88. The Labute approximate surface area is 179 Å². The van der Waals surface area contributed by atoms with Gasteiger partial charge in [-0.15, -0.1) is 0 Å². The smallest absolute Gasteiger partial charge is 0.336 e. The topological polar surface area (TPSA) is 35.5 Å². The Morgan fingerprint density at radius 3 is 2.13 bits per heavy atom. The molecule has 154 valence electrons. The number of esters is 1. The van der Waals surface area contributed by atoms with E-state index in [1.54, 1.807) is 18.2 Å². The molecule has 0 aromatic heterocycles. The summed E-state index contributed by atoms with van der Waals surface area (Å²) in [7, 11) is 0. The van der Waals surface area contributed by atoms with Gasteiger partial charge in [0.2, 0.25) is 0 Å². The standard InChI is InChI=1S/C27H28O3/c1-2-3-4-8-21-29-25-16-18-26(19-17-25)30-27(28)20-13-22-11-14-24(15-12-22)23-9-6-5-7-10-23/h5-7,9-20H,2-4,8,21H2,1H3/b20-13+. The van der Waals surface area contributed by atoms with Crippen molar-refractivity contribution in [3.05, 3.63) is 90.5 Å². The van der Waals surface area contributed by atoms with E-state index >= 15 is 0 Å². The molecule has 0 fully saturated rings. The minimum Gasteiger partial charge on any atom is -0.494 e. The highest BCUT2D eigenvalue weighted by Gasteiger charge is 2.02. The van der Waals surface area contributed by atoms with Crippen molar-refractivity contribution >= 4 is 12.0 Å². The van der Waals surface area contributed by atoms with Gasteiger partial charge in [0.1, 0.15) is 11.5 Å². The molecule has 3 aromatic carbocycles. The second-order valence-corrected chi connectivity index (χ2v) is 7.12. The third-order valence-electron chi connectivity index (χ3n) is 4.74. The summed E-state index contributed by atoms with van der Waals surface area (Å²) in [5.74, 6) is 0.887. The molecule has 0 saturated heterocycles. The van der Waals surface area contributed by atoms with Crippen LogP contribution in [0.2, 0.25) is 0 Å². The van der Waals surface area contributed by atoms with Crippen LogP contribution in [-0.2, 0) is 4.79 Å². The van der Waals surface area contributed by atoms with Gasteiger partial charge in [-0.1, -0.05) is 80.8 Å². The van der Waals surface area contributed by atoms with Crippen LogP contribution in [-0.4, -0.2) is 12.6 Å². The van der Waals surface area contributed by atoms with Crippen molar-refractivity contribution < 1.29 is 14.3 Å². The van der Waals surface area contributed by atoms with E-state index in [0.29, 0.717) is 12.4 Å². The quantitative estimate of drug-likeness (QED) is 0.160. The van der Waals surface area contributed by atoms with E-state index in [1.165, 1.54) is 30.9 Å². The second kappa shape index (κ2) is 11.6. The third-order valence-corrected chi connectivity index (χ3v) is 4.74. The molecule has 0 aliphatic heterocycles. The summed E-state index contributed by atoms with van der Waals surface area (Å²) < 4.78 is 11.1. The lowest BCUT2D eigenvalue weighted by Crippen LogP contribution is -2.03. The van der Waals surface area contributed by atoms with Gasteiger partial charge in [-0.25, -0.2) is 4.79 Å². The highest BCUT2D eigenvalue weighted by atomic mass is 16.5. The molecule has 0 aliphatic carbocycles. The summed E-state index contributed by atoms with van der Waals surface area (Å²) >= 11 is 0. The second-order valence-electron chi connectivity index (χ2n) is 7.12. The summed E-state index contributed by atoms with van der Waals surface area (Å²) in [5.41, 5.74) is 3.25. The van der Waals surface area contributed by atoms with E-state index < -0.39 is 5.97 Å². The van der Waals surface area contributed by atoms with Crippen LogP contribution >= 0.6 is 0 Å². The third kappa shape index (κ3) is 6.93. The molecular weight excluding hydrogens is 372 g/mol. The van der Waals surface area contributed by atoms with Gasteiger partial charge in [0.25, 0.3) is 0 Å². The first-order chi connectivity index (χ1) is 14.7. The zero-order valence-electron chi connectivity index (χ0n) is 17.4. The summed E-state index contributed by atoms with van der Waals surface area (Å²) in [5, 5.41) is 0. The average Bonchev–Trinajstić information content (AvgIpc) is 2.80. The van der Waals surface area contributed by atoms with Gasteiger partial charge in [0, 0.05) is 6.08 Å². The van der Waals surface area contributed by atoms with E-state index in [0.717, 1.165) is 23.3 Å². The Hall–Kier alpha value is -3.33. The van der Waals surface area contributed by atoms with E-state index in [-0.39, 0.29) is 0 Å². The molecule has 30 heavy (non-hydrogen) atoms. The maximum Gasteiger partial charge on any atom is 0.336 e. The van der Waals surface area contributed by atoms with Crippen molar-refractivity contribution in [1.29, 1.82) is 0 Å². The zero-order chi connectivity index (χ0) is 21.0. The normalized spacial score (nSPS) is 10.8. The predicted octanol–water partition coefficient (Wildman–Crippen LogP) is 6.93. The lowest BCUT2D eigenvalue weighted by molar-refractivity contribution is -0.128. The fourth-order valence-corrected chi connectivity index (χ4v) is 3.05. The van der Waals surface area contributed by atoms with Crippen LogP contribution in [0.25, 0.3) is 17.2 Å². The number of ether oxygens (including phenoxy) is 2. The molecule has 0 atom stereocenters. The van der Waals surface area contributed by atoms with Crippen LogP contribution in [0.3, 0.4) is 0 Å². The first-order valence-electron chi connectivity index (χ1n) is 10.5. The molecule has 0 unspecified atom stereocenters. The minimum absolute atomic E-state index is 0.407. The monoisotopic (exact) mass is 400 g/mol. The van der Waals surface area contributed by atoms with Gasteiger partial charge < -0.3 is 9.47 Å². The van der Waals surface area contributed by atoms with Crippen molar-refractivity contribution in [3.8, 4) is 22.6 Å². The van der Waals surface area contributed by atoms with Gasteiger partial charge >= 0.3 is 5.97 Å². The number of carbonyl (C=O) groups excluding carboxylic acids is 1. The summed E-state index contributed by atoms with van der Waals surface area (Å²) in [6, 6.07) is 25.4. The van der Waals surface area contributed by atoms with Crippen LogP contribution < -0.4 is 9.47 Å². The van der Waals surface area contributed by atoms with Crippen LogP contribution in [0.1, 0.15) is 38.2 Å². The zero-order valence-corrected chi connectivity index (χ0v) is 17.4. The largest absolute Gasteiger partial charge is 0.494 e. The van der Waals surface area contributed by atoms with Crippen LogP contribution in [0, 0.1) is 0 Å². The fourth-order valence-electron chi connectivity index (χ4n) is 3.05. The van der Waals surface area contributed by atoms with Crippen molar-refractivity contribution in [1.82, 2.24) is 0 Å². The lowest BCUT2D eigenvalue weighted by Gasteiger charge is -2.07. The number of carbonyl (C=O) groups is 1. The Morgan fingerprint density at radius 1 is 0.767 bits per heavy atom. The first kappa shape index (κ1) is 21.4. The molecule has 0 spiro atoms. The van der Waals surface area contributed by atoms with E-state index in [2.05, 4.69) is 19.1 Å². The molecule has 3 heteroatoms. The molecule has 0 radical (unpaired) electrons. The molecular formula is C27H28O3. The van der Waals surface area contributed by atoms with Crippen molar-refractivity contribution in [2.45, 2.75) is 32.6 Å². The summed E-state index contributed by atoms with van der Waals surface area (Å²) in [4.78, 5) is 12.1. The van der Waals surface area contributed by atoms with E-state index in [4.69, 9.17) is 9.47 Å². The molecule has 0 N–H and O–H groups in total. The molecule has 3 aromatic rings. The van der Waals surface area contributed by atoms with Crippen molar-refractivity contribution in [2.75, 3.05) is 6.61 Å². The Bertz CT molecular complexity index is 926. The lowest BCUT2D eigenvalue weighted by atomic mass is 10.0.